The number of aromatic nitrogens is 3. The van der Waals surface area contributed by atoms with Crippen LogP contribution in [-0.2, 0) is 4.79 Å². The van der Waals surface area contributed by atoms with E-state index in [1.165, 1.54) is 6.33 Å². The summed E-state index contributed by atoms with van der Waals surface area (Å²) >= 11 is 3.31. The number of nitrogens with one attached hydrogen (secondary N) is 2. The van der Waals surface area contributed by atoms with Gasteiger partial charge < -0.3 is 4.74 Å². The van der Waals surface area contributed by atoms with Crippen LogP contribution in [0.15, 0.2) is 35.1 Å². The van der Waals surface area contributed by atoms with Crippen LogP contribution in [0, 0.1) is 0 Å². The molecule has 0 bridgehead atoms. The second-order valence-corrected chi connectivity index (χ2v) is 4.04. The van der Waals surface area contributed by atoms with Crippen molar-refractivity contribution < 1.29 is 9.53 Å². The minimum Gasteiger partial charge on any atom is -0.484 e. The number of carbonyl (C=O) groups excluding carboxylic acids is 1. The second-order valence-electron chi connectivity index (χ2n) is 3.13. The highest BCUT2D eigenvalue weighted by Crippen LogP contribution is 2.17. The van der Waals surface area contributed by atoms with Gasteiger partial charge in [0, 0.05) is 4.47 Å². The zero-order valence-corrected chi connectivity index (χ0v) is 10.3. The highest BCUT2D eigenvalue weighted by Gasteiger charge is 2.05. The van der Waals surface area contributed by atoms with Crippen LogP contribution in [0.1, 0.15) is 0 Å². The number of carbonyl (C=O) groups is 1. The summed E-state index contributed by atoms with van der Waals surface area (Å²) in [6, 6.07) is 7.25. The van der Waals surface area contributed by atoms with E-state index in [9.17, 15) is 4.79 Å². The number of amides is 1. The van der Waals surface area contributed by atoms with Crippen molar-refractivity contribution in [2.45, 2.75) is 0 Å². The number of hydrogen-bond acceptors (Lipinski definition) is 4. The molecule has 6 nitrogen and oxygen atoms in total. The number of benzene rings is 1. The van der Waals surface area contributed by atoms with E-state index < -0.39 is 0 Å². The van der Waals surface area contributed by atoms with Gasteiger partial charge in [0.05, 0.1) is 0 Å². The number of rotatable bonds is 4. The van der Waals surface area contributed by atoms with Crippen molar-refractivity contribution in [3.8, 4) is 5.75 Å². The number of H-pyrrole nitrogens is 1. The SMILES string of the molecule is O=C(COc1cccc(Br)c1)Nc1ncn[nH]1. The fraction of sp³-hybridized carbons (Fsp3) is 0.100. The van der Waals surface area contributed by atoms with Gasteiger partial charge in [0.1, 0.15) is 12.1 Å². The lowest BCUT2D eigenvalue weighted by atomic mass is 10.3. The maximum atomic E-state index is 11.4. The van der Waals surface area contributed by atoms with Gasteiger partial charge in [-0.15, -0.1) is 0 Å². The van der Waals surface area contributed by atoms with Gasteiger partial charge in [0.25, 0.3) is 5.91 Å². The Hall–Kier alpha value is -1.89. The van der Waals surface area contributed by atoms with Gasteiger partial charge in [-0.2, -0.15) is 10.1 Å². The lowest BCUT2D eigenvalue weighted by Gasteiger charge is -2.05. The number of hydrogen-bond donors (Lipinski definition) is 2. The van der Waals surface area contributed by atoms with Crippen LogP contribution >= 0.6 is 15.9 Å². The van der Waals surface area contributed by atoms with Gasteiger partial charge in [0.2, 0.25) is 5.95 Å². The summed E-state index contributed by atoms with van der Waals surface area (Å²) in [6.07, 6.45) is 1.31. The monoisotopic (exact) mass is 296 g/mol. The number of ether oxygens (including phenoxy) is 1. The molecule has 0 unspecified atom stereocenters. The first-order valence-electron chi connectivity index (χ1n) is 4.77. The Morgan fingerprint density at radius 3 is 3.12 bits per heavy atom. The predicted molar refractivity (Wildman–Crippen MR) is 64.6 cm³/mol. The quantitative estimate of drug-likeness (QED) is 0.898. The summed E-state index contributed by atoms with van der Waals surface area (Å²) in [6.45, 7) is -0.0862. The third-order valence-electron chi connectivity index (χ3n) is 1.84. The van der Waals surface area contributed by atoms with E-state index in [2.05, 4.69) is 36.4 Å². The van der Waals surface area contributed by atoms with Crippen molar-refractivity contribution in [3.05, 3.63) is 35.1 Å². The molecule has 0 aliphatic heterocycles. The standard InChI is InChI=1S/C10H9BrN4O2/c11-7-2-1-3-8(4-7)17-5-9(16)14-10-12-6-13-15-10/h1-4,6H,5H2,(H2,12,13,14,15,16). The zero-order chi connectivity index (χ0) is 12.1. The van der Waals surface area contributed by atoms with E-state index >= 15 is 0 Å². The van der Waals surface area contributed by atoms with Gasteiger partial charge >= 0.3 is 0 Å². The molecule has 0 spiro atoms. The van der Waals surface area contributed by atoms with E-state index in [-0.39, 0.29) is 12.5 Å². The molecule has 1 amide bonds. The highest BCUT2D eigenvalue weighted by molar-refractivity contribution is 9.10. The molecule has 0 atom stereocenters. The van der Waals surface area contributed by atoms with E-state index in [0.29, 0.717) is 11.7 Å². The molecule has 2 rings (SSSR count). The van der Waals surface area contributed by atoms with Gasteiger partial charge in [-0.3, -0.25) is 10.1 Å². The maximum Gasteiger partial charge on any atom is 0.264 e. The number of aromatic amines is 1. The number of nitrogens with zero attached hydrogens (tertiary/aromatic N) is 2. The van der Waals surface area contributed by atoms with Crippen molar-refractivity contribution in [1.29, 1.82) is 0 Å². The zero-order valence-electron chi connectivity index (χ0n) is 8.68. The maximum absolute atomic E-state index is 11.4. The molecular formula is C10H9BrN4O2. The third-order valence-corrected chi connectivity index (χ3v) is 2.33. The van der Waals surface area contributed by atoms with Crippen molar-refractivity contribution in [2.75, 3.05) is 11.9 Å². The molecule has 88 valence electrons. The molecule has 7 heteroatoms. The molecule has 0 aliphatic rings. The molecule has 0 saturated heterocycles. The fourth-order valence-corrected chi connectivity index (χ4v) is 1.52. The molecular weight excluding hydrogens is 288 g/mol. The lowest BCUT2D eigenvalue weighted by molar-refractivity contribution is -0.118. The van der Waals surface area contributed by atoms with E-state index in [4.69, 9.17) is 4.74 Å². The molecule has 1 aromatic heterocycles. The van der Waals surface area contributed by atoms with E-state index in [1.54, 1.807) is 12.1 Å². The Labute approximate surface area is 106 Å². The van der Waals surface area contributed by atoms with Crippen molar-refractivity contribution in [3.63, 3.8) is 0 Å². The smallest absolute Gasteiger partial charge is 0.264 e. The summed E-state index contributed by atoms with van der Waals surface area (Å²) in [5.74, 6) is 0.613. The number of halogens is 1. The average molecular weight is 297 g/mol. The Morgan fingerprint density at radius 1 is 1.53 bits per heavy atom. The molecule has 2 N–H and O–H groups in total. The second kappa shape index (κ2) is 5.44. The van der Waals surface area contributed by atoms with Crippen molar-refractivity contribution in [2.24, 2.45) is 0 Å². The molecule has 1 aromatic carbocycles. The molecule has 0 aliphatic carbocycles. The minimum absolute atomic E-state index is 0.0862. The van der Waals surface area contributed by atoms with Gasteiger partial charge in [-0.05, 0) is 18.2 Å². The van der Waals surface area contributed by atoms with Crippen LogP contribution in [0.3, 0.4) is 0 Å². The van der Waals surface area contributed by atoms with E-state index in [1.807, 2.05) is 12.1 Å². The van der Waals surface area contributed by atoms with Gasteiger partial charge in [-0.25, -0.2) is 5.10 Å². The first-order valence-corrected chi connectivity index (χ1v) is 5.57. The van der Waals surface area contributed by atoms with Crippen LogP contribution in [0.2, 0.25) is 0 Å². The molecule has 17 heavy (non-hydrogen) atoms. The van der Waals surface area contributed by atoms with Crippen LogP contribution in [0.5, 0.6) is 5.75 Å². The lowest BCUT2D eigenvalue weighted by Crippen LogP contribution is -2.20. The predicted octanol–water partition coefficient (Wildman–Crippen LogP) is 1.58. The van der Waals surface area contributed by atoms with Crippen LogP contribution in [0.4, 0.5) is 5.95 Å². The van der Waals surface area contributed by atoms with Crippen LogP contribution < -0.4 is 10.1 Å². The average Bonchev–Trinajstić information content (AvgIpc) is 2.79. The summed E-state index contributed by atoms with van der Waals surface area (Å²) in [7, 11) is 0. The van der Waals surface area contributed by atoms with E-state index in [0.717, 1.165) is 4.47 Å². The summed E-state index contributed by atoms with van der Waals surface area (Å²) in [4.78, 5) is 15.2. The Kier molecular flexibility index (Phi) is 3.71. The summed E-state index contributed by atoms with van der Waals surface area (Å²) < 4.78 is 6.19. The Bertz CT molecular complexity index is 501. The van der Waals surface area contributed by atoms with Crippen LogP contribution in [-0.4, -0.2) is 27.7 Å². The van der Waals surface area contributed by atoms with Crippen LogP contribution in [0.25, 0.3) is 0 Å². The Balaban J connectivity index is 1.84. The fourth-order valence-electron chi connectivity index (χ4n) is 1.14. The van der Waals surface area contributed by atoms with Gasteiger partial charge in [-0.1, -0.05) is 22.0 Å². The Morgan fingerprint density at radius 2 is 2.41 bits per heavy atom. The molecule has 0 saturated carbocycles. The molecule has 0 radical (unpaired) electrons. The largest absolute Gasteiger partial charge is 0.484 e. The highest BCUT2D eigenvalue weighted by atomic mass is 79.9. The summed E-state index contributed by atoms with van der Waals surface area (Å²) in [5, 5.41) is 8.63. The van der Waals surface area contributed by atoms with Crippen molar-refractivity contribution >= 4 is 27.8 Å². The first-order chi connectivity index (χ1) is 8.24. The van der Waals surface area contributed by atoms with Crippen molar-refractivity contribution in [1.82, 2.24) is 15.2 Å². The normalized spacial score (nSPS) is 9.94. The topological polar surface area (TPSA) is 79.9 Å². The number of anilines is 1. The molecule has 2 aromatic rings. The molecule has 1 heterocycles. The van der Waals surface area contributed by atoms with Gasteiger partial charge in [0.15, 0.2) is 6.61 Å². The first kappa shape index (κ1) is 11.6. The minimum atomic E-state index is -0.304. The third kappa shape index (κ3) is 3.56. The molecule has 0 fully saturated rings. The summed E-state index contributed by atoms with van der Waals surface area (Å²) in [5.41, 5.74) is 0.